The molecule has 0 aromatic heterocycles. The van der Waals surface area contributed by atoms with E-state index >= 15 is 0 Å². The van der Waals surface area contributed by atoms with Crippen molar-refractivity contribution in [3.05, 3.63) is 77.2 Å². The molecule has 0 spiro atoms. The van der Waals surface area contributed by atoms with Crippen molar-refractivity contribution in [3.63, 3.8) is 0 Å². The van der Waals surface area contributed by atoms with Gasteiger partial charge >= 0.3 is 0 Å². The fraction of sp³-hybridized carbons (Fsp3) is 0.556. The predicted octanol–water partition coefficient (Wildman–Crippen LogP) is 5.40. The first kappa shape index (κ1) is 39.6. The number of carbonyl (C=O) groups is 2. The summed E-state index contributed by atoms with van der Waals surface area (Å²) < 4.78 is 18.2. The highest BCUT2D eigenvalue weighted by Gasteiger charge is 2.30. The van der Waals surface area contributed by atoms with Crippen molar-refractivity contribution in [2.75, 3.05) is 33.3 Å². The normalized spacial score (nSPS) is 20.2. The number of rotatable bonds is 3. The van der Waals surface area contributed by atoms with Crippen LogP contribution in [0.15, 0.2) is 60.3 Å². The molecule has 1 unspecified atom stereocenters. The number of halogens is 1. The average Bonchev–Trinajstić information content (AvgIpc) is 3.86. The molecule has 45 heavy (non-hydrogen) atoms. The van der Waals surface area contributed by atoms with E-state index in [2.05, 4.69) is 66.8 Å². The Morgan fingerprint density at radius 2 is 1.64 bits per heavy atom. The van der Waals surface area contributed by atoms with Crippen LogP contribution in [0.1, 0.15) is 77.3 Å². The van der Waals surface area contributed by atoms with E-state index in [0.717, 1.165) is 54.7 Å². The minimum atomic E-state index is -0.469. The Labute approximate surface area is 271 Å². The molecule has 1 saturated carbocycles. The van der Waals surface area contributed by atoms with Gasteiger partial charge in [0, 0.05) is 24.8 Å². The van der Waals surface area contributed by atoms with Crippen LogP contribution in [-0.4, -0.2) is 57.2 Å². The highest BCUT2D eigenvalue weighted by molar-refractivity contribution is 5.88. The van der Waals surface area contributed by atoms with Crippen molar-refractivity contribution >= 4 is 11.8 Å². The zero-order valence-electron chi connectivity index (χ0n) is 28.4. The number of nitrogens with one attached hydrogen (secondary N) is 4. The standard InChI is InChI=1S/C25H38N4O3.C7H7F.C3H8.CH5N/c1-3-7-21-15-27-18(2)17-32-23-10-5-4-8-20(23)9-6-13-26-25(31)22(14-19-11-12-19)29-24(30)16-28-21;1-6-2-4-7(8)5-3-6;1-3-2;1-2/h4-5,7-8,10,18-19,22,27-28H,3,6,9,11-17H2,1-2H3,(H,26,31)(H,29,30);2-5H,1H3;3H2,1-2H3;2H2,1H3/b21-7+;;;/t18-,22?;;;/m0.../s1. The molecule has 0 bridgehead atoms. The maximum atomic E-state index is 12.8. The number of aryl methyl sites for hydroxylation is 2. The molecule has 2 amide bonds. The minimum absolute atomic E-state index is 0.0873. The van der Waals surface area contributed by atoms with Gasteiger partial charge in [0.2, 0.25) is 11.8 Å². The lowest BCUT2D eigenvalue weighted by molar-refractivity contribution is -0.128. The summed E-state index contributed by atoms with van der Waals surface area (Å²) in [4.78, 5) is 25.3. The summed E-state index contributed by atoms with van der Waals surface area (Å²) in [7, 11) is 1.50. The number of benzene rings is 2. The molecular weight excluding hydrogens is 569 g/mol. The molecule has 2 aromatic rings. The Morgan fingerprint density at radius 3 is 2.27 bits per heavy atom. The van der Waals surface area contributed by atoms with Gasteiger partial charge in [-0.15, -0.1) is 0 Å². The van der Waals surface area contributed by atoms with Crippen LogP contribution in [0.5, 0.6) is 5.75 Å². The molecule has 1 aliphatic heterocycles. The highest BCUT2D eigenvalue weighted by Crippen LogP contribution is 2.33. The second kappa shape index (κ2) is 23.9. The van der Waals surface area contributed by atoms with Crippen molar-refractivity contribution in [1.82, 2.24) is 21.3 Å². The largest absolute Gasteiger partial charge is 0.492 e. The molecule has 2 atom stereocenters. The van der Waals surface area contributed by atoms with E-state index in [-0.39, 0.29) is 30.2 Å². The number of allylic oxidation sites excluding steroid dienone is 1. The van der Waals surface area contributed by atoms with Crippen molar-refractivity contribution in [1.29, 1.82) is 0 Å². The monoisotopic (exact) mass is 627 g/mol. The molecular formula is C36H58FN5O3. The molecule has 2 aliphatic rings. The summed E-state index contributed by atoms with van der Waals surface area (Å²) in [5.74, 6) is 1.03. The Kier molecular flexibility index (Phi) is 21.0. The molecule has 9 heteroatoms. The van der Waals surface area contributed by atoms with Gasteiger partial charge in [0.25, 0.3) is 0 Å². The van der Waals surface area contributed by atoms with Crippen LogP contribution in [0.2, 0.25) is 0 Å². The lowest BCUT2D eigenvalue weighted by Gasteiger charge is -2.21. The van der Waals surface area contributed by atoms with Gasteiger partial charge in [0.05, 0.1) is 6.54 Å². The smallest absolute Gasteiger partial charge is 0.242 e. The number of para-hydroxylation sites is 1. The van der Waals surface area contributed by atoms with Gasteiger partial charge in [0.1, 0.15) is 24.2 Å². The third-order valence-electron chi connectivity index (χ3n) is 6.88. The summed E-state index contributed by atoms with van der Waals surface area (Å²) >= 11 is 0. The van der Waals surface area contributed by atoms with Gasteiger partial charge in [-0.1, -0.05) is 82.0 Å². The molecule has 0 saturated heterocycles. The fourth-order valence-corrected chi connectivity index (χ4v) is 4.37. The van der Waals surface area contributed by atoms with Crippen LogP contribution in [0, 0.1) is 18.7 Å². The molecule has 2 aromatic carbocycles. The number of carbonyl (C=O) groups excluding carboxylic acids is 2. The van der Waals surface area contributed by atoms with E-state index in [0.29, 0.717) is 32.0 Å². The zero-order chi connectivity index (χ0) is 33.5. The average molecular weight is 628 g/mol. The van der Waals surface area contributed by atoms with E-state index in [4.69, 9.17) is 4.74 Å². The number of amides is 2. The fourth-order valence-electron chi connectivity index (χ4n) is 4.37. The first-order valence-corrected chi connectivity index (χ1v) is 16.5. The van der Waals surface area contributed by atoms with Crippen molar-refractivity contribution in [2.45, 2.75) is 91.6 Å². The lowest BCUT2D eigenvalue weighted by Crippen LogP contribution is -2.49. The number of hydrogen-bond donors (Lipinski definition) is 5. The van der Waals surface area contributed by atoms with E-state index in [9.17, 15) is 14.0 Å². The number of fused-ring (bicyclic) bond motifs is 1. The summed E-state index contributed by atoms with van der Waals surface area (Å²) in [5, 5.41) is 12.7. The second-order valence-electron chi connectivity index (χ2n) is 11.4. The Hall–Kier alpha value is -3.43. The number of hydrogen-bond acceptors (Lipinski definition) is 6. The zero-order valence-corrected chi connectivity index (χ0v) is 28.4. The van der Waals surface area contributed by atoms with Crippen molar-refractivity contribution in [3.8, 4) is 5.75 Å². The summed E-state index contributed by atoms with van der Waals surface area (Å²) in [5.41, 5.74) is 7.71. The first-order chi connectivity index (χ1) is 21.7. The molecule has 0 radical (unpaired) electrons. The maximum absolute atomic E-state index is 12.8. The van der Waals surface area contributed by atoms with Crippen LogP contribution < -0.4 is 31.7 Å². The van der Waals surface area contributed by atoms with Gasteiger partial charge in [-0.05, 0) is 76.3 Å². The summed E-state index contributed by atoms with van der Waals surface area (Å²) in [6.45, 7) is 12.2. The van der Waals surface area contributed by atoms with Crippen LogP contribution in [-0.2, 0) is 16.0 Å². The van der Waals surface area contributed by atoms with Gasteiger partial charge in [-0.3, -0.25) is 9.59 Å². The molecule has 1 aliphatic carbocycles. The van der Waals surface area contributed by atoms with E-state index in [1.807, 2.05) is 25.1 Å². The highest BCUT2D eigenvalue weighted by atomic mass is 19.1. The molecule has 1 heterocycles. The maximum Gasteiger partial charge on any atom is 0.242 e. The van der Waals surface area contributed by atoms with Crippen molar-refractivity contribution in [2.24, 2.45) is 11.7 Å². The van der Waals surface area contributed by atoms with E-state index < -0.39 is 6.04 Å². The van der Waals surface area contributed by atoms with Crippen LogP contribution in [0.25, 0.3) is 0 Å². The van der Waals surface area contributed by atoms with E-state index in [1.165, 1.54) is 25.6 Å². The second-order valence-corrected chi connectivity index (χ2v) is 11.4. The van der Waals surface area contributed by atoms with Gasteiger partial charge in [-0.2, -0.15) is 0 Å². The third-order valence-corrected chi connectivity index (χ3v) is 6.88. The number of nitrogens with two attached hydrogens (primary N) is 1. The Morgan fingerprint density at radius 1 is 0.978 bits per heavy atom. The molecule has 6 N–H and O–H groups in total. The lowest BCUT2D eigenvalue weighted by atomic mass is 10.1. The van der Waals surface area contributed by atoms with Gasteiger partial charge in [-0.25, -0.2) is 4.39 Å². The Bertz CT molecular complexity index is 1100. The minimum Gasteiger partial charge on any atom is -0.492 e. The van der Waals surface area contributed by atoms with Crippen LogP contribution in [0.4, 0.5) is 4.39 Å². The Balaban J connectivity index is 0.000000653. The SMILES string of the molecule is CC/C=C1\CN[C@@H](C)COc2ccccc2CCCNC(=O)C(CC2CC2)NC(=O)CN1.CCC.CN.Cc1ccc(F)cc1. The summed E-state index contributed by atoms with van der Waals surface area (Å²) in [6.07, 6.45) is 8.84. The number of ether oxygens (including phenoxy) is 1. The quantitative estimate of drug-likeness (QED) is 0.311. The summed E-state index contributed by atoms with van der Waals surface area (Å²) in [6, 6.07) is 14.2. The van der Waals surface area contributed by atoms with Crippen LogP contribution >= 0.6 is 0 Å². The first-order valence-electron chi connectivity index (χ1n) is 16.5. The van der Waals surface area contributed by atoms with E-state index in [1.54, 1.807) is 12.1 Å². The molecule has 1 fully saturated rings. The van der Waals surface area contributed by atoms with Gasteiger partial charge < -0.3 is 31.7 Å². The van der Waals surface area contributed by atoms with Gasteiger partial charge in [0.15, 0.2) is 0 Å². The third kappa shape index (κ3) is 18.2. The predicted molar refractivity (Wildman–Crippen MR) is 184 cm³/mol. The van der Waals surface area contributed by atoms with Crippen molar-refractivity contribution < 1.29 is 18.7 Å². The molecule has 4 rings (SSSR count). The molecule has 252 valence electrons. The molecule has 8 nitrogen and oxygen atoms in total. The topological polar surface area (TPSA) is 118 Å². The van der Waals surface area contributed by atoms with Crippen LogP contribution in [0.3, 0.4) is 0 Å².